The molecule has 2 aromatic rings. The van der Waals surface area contributed by atoms with Crippen molar-refractivity contribution in [2.45, 2.75) is 19.5 Å². The van der Waals surface area contributed by atoms with Crippen LogP contribution < -0.4 is 4.74 Å². The lowest BCUT2D eigenvalue weighted by Gasteiger charge is -2.24. The fourth-order valence-electron chi connectivity index (χ4n) is 2.12. The largest absolute Gasteiger partial charge is 0.496 e. The van der Waals surface area contributed by atoms with Crippen molar-refractivity contribution in [3.05, 3.63) is 51.7 Å². The molecule has 104 valence electrons. The van der Waals surface area contributed by atoms with E-state index in [0.717, 1.165) is 17.9 Å². The van der Waals surface area contributed by atoms with E-state index in [4.69, 9.17) is 10.00 Å². The van der Waals surface area contributed by atoms with Gasteiger partial charge in [-0.3, -0.25) is 4.90 Å². The molecule has 0 saturated heterocycles. The van der Waals surface area contributed by atoms with Gasteiger partial charge in [-0.05, 0) is 43.6 Å². The molecular formula is C16H18N2OS. The molecule has 0 radical (unpaired) electrons. The lowest BCUT2D eigenvalue weighted by atomic mass is 10.1. The molecule has 1 unspecified atom stereocenters. The highest BCUT2D eigenvalue weighted by molar-refractivity contribution is 7.10. The second kappa shape index (κ2) is 6.56. The first-order valence-corrected chi connectivity index (χ1v) is 7.34. The molecule has 0 spiro atoms. The number of hydrogen-bond donors (Lipinski definition) is 0. The molecule has 0 aliphatic heterocycles. The maximum absolute atomic E-state index is 9.02. The van der Waals surface area contributed by atoms with Crippen molar-refractivity contribution in [1.82, 2.24) is 4.90 Å². The Balaban J connectivity index is 2.18. The van der Waals surface area contributed by atoms with Crippen LogP contribution in [0.1, 0.15) is 29.0 Å². The van der Waals surface area contributed by atoms with Crippen molar-refractivity contribution in [3.63, 3.8) is 0 Å². The van der Waals surface area contributed by atoms with Crippen LogP contribution in [0, 0.1) is 11.3 Å². The van der Waals surface area contributed by atoms with Crippen LogP contribution in [0.3, 0.4) is 0 Å². The highest BCUT2D eigenvalue weighted by Gasteiger charge is 2.15. The van der Waals surface area contributed by atoms with Gasteiger partial charge in [0.1, 0.15) is 5.75 Å². The lowest BCUT2D eigenvalue weighted by molar-refractivity contribution is 0.252. The zero-order chi connectivity index (χ0) is 14.5. The Labute approximate surface area is 124 Å². The van der Waals surface area contributed by atoms with Crippen LogP contribution in [0.2, 0.25) is 0 Å². The Hall–Kier alpha value is -1.83. The third kappa shape index (κ3) is 3.19. The number of benzene rings is 1. The molecule has 20 heavy (non-hydrogen) atoms. The van der Waals surface area contributed by atoms with Gasteiger partial charge in [-0.15, -0.1) is 11.3 Å². The van der Waals surface area contributed by atoms with Crippen molar-refractivity contribution < 1.29 is 4.74 Å². The molecule has 3 nitrogen and oxygen atoms in total. The Morgan fingerprint density at radius 3 is 2.80 bits per heavy atom. The monoisotopic (exact) mass is 286 g/mol. The minimum Gasteiger partial charge on any atom is -0.496 e. The average Bonchev–Trinajstić information content (AvgIpc) is 3.00. The topological polar surface area (TPSA) is 36.3 Å². The number of nitrogens with zero attached hydrogens (tertiary/aromatic N) is 2. The molecule has 0 bridgehead atoms. The molecule has 0 saturated carbocycles. The van der Waals surface area contributed by atoms with Gasteiger partial charge in [0.15, 0.2) is 0 Å². The Morgan fingerprint density at radius 2 is 2.20 bits per heavy atom. The molecule has 0 amide bonds. The van der Waals surface area contributed by atoms with E-state index in [1.807, 2.05) is 12.1 Å². The van der Waals surface area contributed by atoms with Crippen LogP contribution in [0.4, 0.5) is 0 Å². The number of thiophene rings is 1. The third-order valence-electron chi connectivity index (χ3n) is 3.45. The zero-order valence-corrected chi connectivity index (χ0v) is 12.8. The molecule has 1 aromatic heterocycles. The predicted molar refractivity (Wildman–Crippen MR) is 81.9 cm³/mol. The first kappa shape index (κ1) is 14.6. The highest BCUT2D eigenvalue weighted by atomic mass is 32.1. The second-order valence-corrected chi connectivity index (χ2v) is 5.72. The number of hydrogen-bond acceptors (Lipinski definition) is 4. The number of nitriles is 1. The maximum atomic E-state index is 9.02. The molecule has 2 rings (SSSR count). The van der Waals surface area contributed by atoms with E-state index >= 15 is 0 Å². The van der Waals surface area contributed by atoms with E-state index < -0.39 is 0 Å². The van der Waals surface area contributed by atoms with Gasteiger partial charge in [0.25, 0.3) is 0 Å². The molecule has 1 atom stereocenters. The van der Waals surface area contributed by atoms with Crippen LogP contribution in [-0.4, -0.2) is 19.1 Å². The Morgan fingerprint density at radius 1 is 1.40 bits per heavy atom. The van der Waals surface area contributed by atoms with Crippen molar-refractivity contribution in [3.8, 4) is 11.8 Å². The van der Waals surface area contributed by atoms with Gasteiger partial charge in [0.2, 0.25) is 0 Å². The average molecular weight is 286 g/mol. The van der Waals surface area contributed by atoms with Crippen molar-refractivity contribution in [2.24, 2.45) is 0 Å². The smallest absolute Gasteiger partial charge is 0.123 e. The van der Waals surface area contributed by atoms with Gasteiger partial charge >= 0.3 is 0 Å². The lowest BCUT2D eigenvalue weighted by Crippen LogP contribution is -2.21. The summed E-state index contributed by atoms with van der Waals surface area (Å²) < 4.78 is 5.38. The third-order valence-corrected chi connectivity index (χ3v) is 4.49. The summed E-state index contributed by atoms with van der Waals surface area (Å²) in [5.41, 5.74) is 1.70. The first-order chi connectivity index (χ1) is 9.65. The fraction of sp³-hybridized carbons (Fsp3) is 0.312. The summed E-state index contributed by atoms with van der Waals surface area (Å²) in [7, 11) is 3.75. The Bertz CT molecular complexity index is 601. The summed E-state index contributed by atoms with van der Waals surface area (Å²) in [5.74, 6) is 0.828. The molecule has 1 aromatic carbocycles. The SMILES string of the molecule is COc1ccc(C#N)cc1CN(C)C(C)c1cccs1. The van der Waals surface area contributed by atoms with Crippen LogP contribution in [0.25, 0.3) is 0 Å². The van der Waals surface area contributed by atoms with E-state index in [2.05, 4.69) is 42.5 Å². The van der Waals surface area contributed by atoms with E-state index in [9.17, 15) is 0 Å². The van der Waals surface area contributed by atoms with Crippen molar-refractivity contribution in [1.29, 1.82) is 5.26 Å². The van der Waals surface area contributed by atoms with E-state index in [0.29, 0.717) is 11.6 Å². The number of rotatable bonds is 5. The summed E-state index contributed by atoms with van der Waals surface area (Å²) in [6, 6.07) is 12.3. The maximum Gasteiger partial charge on any atom is 0.123 e. The number of ether oxygens (including phenoxy) is 1. The molecule has 0 fully saturated rings. The highest BCUT2D eigenvalue weighted by Crippen LogP contribution is 2.27. The van der Waals surface area contributed by atoms with Crippen LogP contribution in [0.15, 0.2) is 35.7 Å². The summed E-state index contributed by atoms with van der Waals surface area (Å²) in [6.45, 7) is 2.93. The van der Waals surface area contributed by atoms with Gasteiger partial charge < -0.3 is 4.74 Å². The van der Waals surface area contributed by atoms with E-state index in [-0.39, 0.29) is 0 Å². The quantitative estimate of drug-likeness (QED) is 0.838. The predicted octanol–water partition coefficient (Wildman–Crippen LogP) is 3.82. The van der Waals surface area contributed by atoms with Crippen LogP contribution in [-0.2, 0) is 6.54 Å². The molecule has 0 aliphatic rings. The summed E-state index contributed by atoms with van der Waals surface area (Å²) in [5, 5.41) is 11.1. The van der Waals surface area contributed by atoms with Gasteiger partial charge in [-0.2, -0.15) is 5.26 Å². The first-order valence-electron chi connectivity index (χ1n) is 6.46. The van der Waals surface area contributed by atoms with Gasteiger partial charge in [0, 0.05) is 23.0 Å². The van der Waals surface area contributed by atoms with Crippen molar-refractivity contribution >= 4 is 11.3 Å². The summed E-state index contributed by atoms with van der Waals surface area (Å²) in [6.07, 6.45) is 0. The fourth-order valence-corrected chi connectivity index (χ4v) is 2.97. The van der Waals surface area contributed by atoms with Gasteiger partial charge in [0.05, 0.1) is 18.7 Å². The van der Waals surface area contributed by atoms with Gasteiger partial charge in [-0.25, -0.2) is 0 Å². The van der Waals surface area contributed by atoms with Gasteiger partial charge in [-0.1, -0.05) is 6.07 Å². The second-order valence-electron chi connectivity index (χ2n) is 4.74. The number of methoxy groups -OCH3 is 1. The van der Waals surface area contributed by atoms with Crippen LogP contribution >= 0.6 is 11.3 Å². The normalized spacial score (nSPS) is 12.2. The van der Waals surface area contributed by atoms with Crippen molar-refractivity contribution in [2.75, 3.05) is 14.2 Å². The molecule has 4 heteroatoms. The Kier molecular flexibility index (Phi) is 4.78. The molecule has 0 aliphatic carbocycles. The van der Waals surface area contributed by atoms with E-state index in [1.165, 1.54) is 4.88 Å². The molecule has 1 heterocycles. The molecule has 0 N–H and O–H groups in total. The zero-order valence-electron chi connectivity index (χ0n) is 12.0. The standard InChI is InChI=1S/C16H18N2OS/c1-12(16-5-4-8-20-16)18(2)11-14-9-13(10-17)6-7-15(14)19-3/h4-9,12H,11H2,1-3H3. The minimum atomic E-state index is 0.338. The van der Waals surface area contributed by atoms with Crippen LogP contribution in [0.5, 0.6) is 5.75 Å². The summed E-state index contributed by atoms with van der Waals surface area (Å²) >= 11 is 1.76. The summed E-state index contributed by atoms with van der Waals surface area (Å²) in [4.78, 5) is 3.59. The molecular weight excluding hydrogens is 268 g/mol. The minimum absolute atomic E-state index is 0.338. The van der Waals surface area contributed by atoms with E-state index in [1.54, 1.807) is 24.5 Å².